The number of halogens is 1. The van der Waals surface area contributed by atoms with E-state index < -0.39 is 0 Å². The third-order valence-electron chi connectivity index (χ3n) is 6.72. The largest absolute Gasteiger partial charge is 0.347 e. The van der Waals surface area contributed by atoms with Gasteiger partial charge in [-0.1, -0.05) is 42.5 Å². The molecule has 4 heteroatoms. The molecule has 0 heterocycles. The number of nitrogens with one attached hydrogen (secondary N) is 1. The predicted molar refractivity (Wildman–Crippen MR) is 111 cm³/mol. The van der Waals surface area contributed by atoms with Crippen molar-refractivity contribution >= 4 is 18.3 Å². The van der Waals surface area contributed by atoms with Crippen LogP contribution in [0.15, 0.2) is 54.6 Å². The maximum Gasteiger partial charge on any atom is 0.251 e. The van der Waals surface area contributed by atoms with Crippen molar-refractivity contribution in [3.63, 3.8) is 0 Å². The Morgan fingerprint density at radius 3 is 2.26 bits per heavy atom. The Morgan fingerprint density at radius 2 is 1.59 bits per heavy atom. The van der Waals surface area contributed by atoms with Gasteiger partial charge in [0, 0.05) is 16.6 Å². The lowest BCUT2D eigenvalue weighted by Crippen LogP contribution is -2.68. The quantitative estimate of drug-likeness (QED) is 0.817. The summed E-state index contributed by atoms with van der Waals surface area (Å²) < 4.78 is 0. The first-order valence-electron chi connectivity index (χ1n) is 9.80. The van der Waals surface area contributed by atoms with Gasteiger partial charge in [0.1, 0.15) is 0 Å². The van der Waals surface area contributed by atoms with E-state index >= 15 is 0 Å². The number of carbonyl (C=O) groups excluding carboxylic acids is 1. The van der Waals surface area contributed by atoms with Crippen LogP contribution in [0.5, 0.6) is 0 Å². The Hall–Kier alpha value is -1.84. The second-order valence-corrected chi connectivity index (χ2v) is 9.00. The van der Waals surface area contributed by atoms with Gasteiger partial charge in [-0.2, -0.15) is 0 Å². The number of hydrogen-bond acceptors (Lipinski definition) is 2. The van der Waals surface area contributed by atoms with Crippen LogP contribution in [0, 0.1) is 11.8 Å². The van der Waals surface area contributed by atoms with E-state index in [-0.39, 0.29) is 29.4 Å². The molecular formula is C23H27ClN2O. The summed E-state index contributed by atoms with van der Waals surface area (Å²) in [7, 11) is 0. The van der Waals surface area contributed by atoms with Gasteiger partial charge in [0.05, 0.1) is 0 Å². The van der Waals surface area contributed by atoms with Crippen LogP contribution in [0.1, 0.15) is 48.9 Å². The maximum atomic E-state index is 13.1. The van der Waals surface area contributed by atoms with Crippen molar-refractivity contribution in [1.82, 2.24) is 5.32 Å². The highest BCUT2D eigenvalue weighted by Gasteiger charge is 2.56. The van der Waals surface area contributed by atoms with Gasteiger partial charge in [0.15, 0.2) is 0 Å². The molecule has 4 saturated carbocycles. The van der Waals surface area contributed by atoms with Crippen LogP contribution in [0.25, 0.3) is 11.1 Å². The van der Waals surface area contributed by atoms with Gasteiger partial charge in [-0.3, -0.25) is 4.79 Å². The van der Waals surface area contributed by atoms with Crippen LogP contribution in [0.2, 0.25) is 0 Å². The number of hydrogen-bond donors (Lipinski definition) is 2. The molecule has 0 aliphatic heterocycles. The molecule has 6 rings (SSSR count). The van der Waals surface area contributed by atoms with Crippen LogP contribution < -0.4 is 11.1 Å². The van der Waals surface area contributed by atoms with Crippen LogP contribution in [-0.2, 0) is 0 Å². The zero-order valence-corrected chi connectivity index (χ0v) is 16.3. The van der Waals surface area contributed by atoms with E-state index in [1.54, 1.807) is 0 Å². The van der Waals surface area contributed by atoms with Crippen molar-refractivity contribution in [2.45, 2.75) is 49.6 Å². The summed E-state index contributed by atoms with van der Waals surface area (Å²) in [6.07, 6.45) is 6.74. The molecule has 4 fully saturated rings. The predicted octanol–water partition coefficient (Wildman–Crippen LogP) is 4.56. The van der Waals surface area contributed by atoms with Crippen LogP contribution in [0.3, 0.4) is 0 Å². The minimum atomic E-state index is -0.0847. The van der Waals surface area contributed by atoms with Crippen molar-refractivity contribution in [3.05, 3.63) is 60.2 Å². The molecule has 4 aliphatic rings. The maximum absolute atomic E-state index is 13.1. The Morgan fingerprint density at radius 1 is 0.926 bits per heavy atom. The average molecular weight is 383 g/mol. The molecule has 2 aromatic carbocycles. The van der Waals surface area contributed by atoms with Gasteiger partial charge < -0.3 is 11.1 Å². The van der Waals surface area contributed by atoms with Crippen molar-refractivity contribution < 1.29 is 4.79 Å². The SMILES string of the molecule is Cl.NC12C[C@H]3C[C@@H](C1)CC(NC(=O)c1cccc(-c4ccccc4)c1)(C3)C2. The van der Waals surface area contributed by atoms with E-state index in [0.29, 0.717) is 11.8 Å². The van der Waals surface area contributed by atoms with Crippen LogP contribution >= 0.6 is 12.4 Å². The standard InChI is InChI=1S/C23H26N2O.ClH/c24-22-11-16-9-17(12-22)14-23(13-16,15-22)25-21(26)20-8-4-7-19(10-20)18-5-2-1-3-6-18;/h1-8,10,16-17H,9,11-15,24H2,(H,25,26);1H/t16-,17+,22?,23?;. The number of amides is 1. The highest BCUT2D eigenvalue weighted by molar-refractivity contribution is 5.96. The molecule has 2 unspecified atom stereocenters. The summed E-state index contributed by atoms with van der Waals surface area (Å²) in [5.41, 5.74) is 9.50. The Kier molecular flexibility index (Phi) is 4.56. The van der Waals surface area contributed by atoms with E-state index in [1.807, 2.05) is 36.4 Å². The van der Waals surface area contributed by atoms with Gasteiger partial charge in [0.2, 0.25) is 0 Å². The van der Waals surface area contributed by atoms with E-state index in [0.717, 1.165) is 48.8 Å². The summed E-state index contributed by atoms with van der Waals surface area (Å²) >= 11 is 0. The molecule has 0 spiro atoms. The lowest BCUT2D eigenvalue weighted by atomic mass is 9.50. The normalized spacial score (nSPS) is 33.4. The molecule has 2 aromatic rings. The molecule has 27 heavy (non-hydrogen) atoms. The highest BCUT2D eigenvalue weighted by atomic mass is 35.5. The summed E-state index contributed by atoms with van der Waals surface area (Å²) in [5.74, 6) is 1.43. The first kappa shape index (κ1) is 18.5. The lowest BCUT2D eigenvalue weighted by Gasteiger charge is -2.61. The summed E-state index contributed by atoms with van der Waals surface area (Å²) in [6, 6.07) is 18.2. The number of nitrogens with two attached hydrogens (primary N) is 1. The summed E-state index contributed by atoms with van der Waals surface area (Å²) in [6.45, 7) is 0. The second kappa shape index (κ2) is 6.65. The molecule has 4 atom stereocenters. The topological polar surface area (TPSA) is 55.1 Å². The zero-order chi connectivity index (χ0) is 17.8. The monoisotopic (exact) mass is 382 g/mol. The Bertz CT molecular complexity index is 836. The van der Waals surface area contributed by atoms with Crippen LogP contribution in [0.4, 0.5) is 0 Å². The van der Waals surface area contributed by atoms with Gasteiger partial charge in [-0.05, 0) is 73.6 Å². The van der Waals surface area contributed by atoms with E-state index in [1.165, 1.54) is 6.42 Å². The van der Waals surface area contributed by atoms with Crippen molar-refractivity contribution in [1.29, 1.82) is 0 Å². The smallest absolute Gasteiger partial charge is 0.251 e. The first-order valence-corrected chi connectivity index (χ1v) is 9.80. The van der Waals surface area contributed by atoms with E-state index in [2.05, 4.69) is 23.5 Å². The fourth-order valence-corrected chi connectivity index (χ4v) is 6.26. The molecule has 142 valence electrons. The fraction of sp³-hybridized carbons (Fsp3) is 0.435. The van der Waals surface area contributed by atoms with Crippen molar-refractivity contribution in [2.24, 2.45) is 17.6 Å². The first-order chi connectivity index (χ1) is 12.5. The van der Waals surface area contributed by atoms with Gasteiger partial charge in [-0.25, -0.2) is 0 Å². The van der Waals surface area contributed by atoms with Gasteiger partial charge >= 0.3 is 0 Å². The second-order valence-electron chi connectivity index (χ2n) is 9.00. The molecule has 1 amide bonds. The van der Waals surface area contributed by atoms with E-state index in [9.17, 15) is 4.79 Å². The zero-order valence-electron chi connectivity index (χ0n) is 15.5. The van der Waals surface area contributed by atoms with Gasteiger partial charge in [-0.15, -0.1) is 12.4 Å². The number of benzene rings is 2. The minimum absolute atomic E-state index is 0. The number of rotatable bonds is 3. The highest BCUT2D eigenvalue weighted by Crippen LogP contribution is 2.56. The molecule has 0 saturated heterocycles. The Balaban J connectivity index is 0.00000180. The molecule has 3 nitrogen and oxygen atoms in total. The summed E-state index contributed by atoms with van der Waals surface area (Å²) in [5, 5.41) is 3.43. The summed E-state index contributed by atoms with van der Waals surface area (Å²) in [4.78, 5) is 13.1. The third kappa shape index (κ3) is 3.39. The minimum Gasteiger partial charge on any atom is -0.347 e. The number of carbonyl (C=O) groups is 1. The molecule has 3 N–H and O–H groups in total. The molecule has 4 bridgehead atoms. The fourth-order valence-electron chi connectivity index (χ4n) is 6.26. The molecule has 4 aliphatic carbocycles. The molecule has 0 aromatic heterocycles. The lowest BCUT2D eigenvalue weighted by molar-refractivity contribution is -0.0320. The molecule has 0 radical (unpaired) electrons. The Labute approximate surface area is 167 Å². The van der Waals surface area contributed by atoms with Gasteiger partial charge in [0.25, 0.3) is 5.91 Å². The molecular weight excluding hydrogens is 356 g/mol. The average Bonchev–Trinajstić information content (AvgIpc) is 2.60. The van der Waals surface area contributed by atoms with E-state index in [4.69, 9.17) is 5.73 Å². The van der Waals surface area contributed by atoms with Crippen molar-refractivity contribution in [2.75, 3.05) is 0 Å². The third-order valence-corrected chi connectivity index (χ3v) is 6.72. The van der Waals surface area contributed by atoms with Crippen LogP contribution in [-0.4, -0.2) is 17.0 Å². The van der Waals surface area contributed by atoms with Crippen molar-refractivity contribution in [3.8, 4) is 11.1 Å².